The Morgan fingerprint density at radius 3 is 1.74 bits per heavy atom. The number of hydrogen-bond acceptors (Lipinski definition) is 5. The predicted octanol–water partition coefficient (Wildman–Crippen LogP) is 3.85. The molecule has 0 fully saturated rings. The Morgan fingerprint density at radius 2 is 1.30 bits per heavy atom. The summed E-state index contributed by atoms with van der Waals surface area (Å²) in [5.41, 5.74) is 0. The van der Waals surface area contributed by atoms with Gasteiger partial charge in [-0.3, -0.25) is 0 Å². The van der Waals surface area contributed by atoms with E-state index in [0.29, 0.717) is 17.2 Å². The Bertz CT molecular complexity index is 763. The fraction of sp³-hybridized carbons (Fsp3) is 0.263. The first kappa shape index (κ1) is 22.3. The summed E-state index contributed by atoms with van der Waals surface area (Å²) in [6.07, 6.45) is -1.68. The van der Waals surface area contributed by atoms with Crippen LogP contribution in [0.2, 0.25) is 0 Å². The number of aliphatic carboxylic acids is 2. The number of ether oxygens (including phenoxy) is 3. The zero-order valence-electron chi connectivity index (χ0n) is 15.1. The van der Waals surface area contributed by atoms with Crippen LogP contribution in [-0.2, 0) is 9.59 Å². The summed E-state index contributed by atoms with van der Waals surface area (Å²) in [6, 6.07) is 13.9. The van der Waals surface area contributed by atoms with Crippen molar-refractivity contribution in [3.63, 3.8) is 0 Å². The van der Waals surface area contributed by atoms with Crippen LogP contribution in [0.3, 0.4) is 0 Å². The molecular formula is C19H21BrO7. The predicted molar refractivity (Wildman–Crippen MR) is 103 cm³/mol. The van der Waals surface area contributed by atoms with Gasteiger partial charge in [-0.05, 0) is 44.2 Å². The summed E-state index contributed by atoms with van der Waals surface area (Å²) >= 11 is 3.26. The lowest BCUT2D eigenvalue weighted by molar-refractivity contribution is -0.145. The molecule has 2 aromatic rings. The Labute approximate surface area is 165 Å². The molecule has 146 valence electrons. The fourth-order valence-electron chi connectivity index (χ4n) is 1.72. The highest BCUT2D eigenvalue weighted by molar-refractivity contribution is 9.10. The van der Waals surface area contributed by atoms with Crippen LogP contribution in [0.5, 0.6) is 17.2 Å². The normalized spacial score (nSPS) is 12.0. The van der Waals surface area contributed by atoms with Crippen molar-refractivity contribution in [2.24, 2.45) is 0 Å². The molecule has 2 N–H and O–H groups in total. The van der Waals surface area contributed by atoms with Crippen LogP contribution < -0.4 is 14.2 Å². The largest absolute Gasteiger partial charge is 0.497 e. The topological polar surface area (TPSA) is 102 Å². The highest BCUT2D eigenvalue weighted by atomic mass is 79.9. The highest BCUT2D eigenvalue weighted by Crippen LogP contribution is 2.20. The van der Waals surface area contributed by atoms with Gasteiger partial charge in [0.05, 0.1) is 7.11 Å². The molecule has 7 nitrogen and oxygen atoms in total. The summed E-state index contributed by atoms with van der Waals surface area (Å²) in [5, 5.41) is 17.2. The van der Waals surface area contributed by atoms with Crippen molar-refractivity contribution in [1.29, 1.82) is 0 Å². The van der Waals surface area contributed by atoms with E-state index in [4.69, 9.17) is 24.4 Å². The van der Waals surface area contributed by atoms with E-state index in [1.54, 1.807) is 49.6 Å². The highest BCUT2D eigenvalue weighted by Gasteiger charge is 2.12. The first-order valence-electron chi connectivity index (χ1n) is 7.91. The molecule has 0 aromatic heterocycles. The minimum Gasteiger partial charge on any atom is -0.497 e. The molecule has 2 aromatic carbocycles. The van der Waals surface area contributed by atoms with E-state index >= 15 is 0 Å². The number of methoxy groups -OCH3 is 1. The van der Waals surface area contributed by atoms with Gasteiger partial charge in [0.25, 0.3) is 0 Å². The third kappa shape index (κ3) is 8.46. The lowest BCUT2D eigenvalue weighted by atomic mass is 10.3. The molecule has 0 radical (unpaired) electrons. The van der Waals surface area contributed by atoms with Crippen molar-refractivity contribution < 1.29 is 34.0 Å². The summed E-state index contributed by atoms with van der Waals surface area (Å²) < 4.78 is 16.1. The van der Waals surface area contributed by atoms with Crippen LogP contribution in [0.15, 0.2) is 53.0 Å². The maximum Gasteiger partial charge on any atom is 0.344 e. The molecule has 0 saturated carbocycles. The minimum absolute atomic E-state index is 0.485. The quantitative estimate of drug-likeness (QED) is 0.673. The maximum atomic E-state index is 10.5. The van der Waals surface area contributed by atoms with Gasteiger partial charge in [-0.1, -0.05) is 28.1 Å². The van der Waals surface area contributed by atoms with E-state index in [2.05, 4.69) is 15.9 Å². The van der Waals surface area contributed by atoms with Gasteiger partial charge in [-0.2, -0.15) is 0 Å². The molecule has 0 aliphatic carbocycles. The van der Waals surface area contributed by atoms with Crippen LogP contribution in [0.1, 0.15) is 13.8 Å². The van der Waals surface area contributed by atoms with Crippen molar-refractivity contribution in [2.75, 3.05) is 7.11 Å². The molecule has 27 heavy (non-hydrogen) atoms. The second-order valence-electron chi connectivity index (χ2n) is 5.33. The zero-order chi connectivity index (χ0) is 20.4. The van der Waals surface area contributed by atoms with Gasteiger partial charge in [0.1, 0.15) is 17.2 Å². The van der Waals surface area contributed by atoms with Gasteiger partial charge < -0.3 is 24.4 Å². The number of rotatable bonds is 7. The van der Waals surface area contributed by atoms with Crippen molar-refractivity contribution >= 4 is 27.9 Å². The fourth-order valence-corrected chi connectivity index (χ4v) is 2.10. The van der Waals surface area contributed by atoms with E-state index in [-0.39, 0.29) is 0 Å². The van der Waals surface area contributed by atoms with Crippen molar-refractivity contribution in [3.05, 3.63) is 53.0 Å². The summed E-state index contributed by atoms with van der Waals surface area (Å²) in [4.78, 5) is 21.0. The Hall–Kier alpha value is -2.74. The molecule has 0 spiro atoms. The minimum atomic E-state index is -0.993. The van der Waals surface area contributed by atoms with Gasteiger partial charge in [-0.25, -0.2) is 9.59 Å². The van der Waals surface area contributed by atoms with E-state index in [0.717, 1.165) is 4.47 Å². The standard InChI is InChI=1S/C10H12O4.C9H9BrO3/c1-7(10(11)12)14-9-5-3-4-8(6-9)13-2;1-6(9(11)12)13-8-4-2-3-7(10)5-8/h3-7H,1-2H3,(H,11,12);2-6H,1H3,(H,11,12)/t7-;6-/m10/s1. The van der Waals surface area contributed by atoms with E-state index in [1.807, 2.05) is 6.07 Å². The molecule has 0 bridgehead atoms. The van der Waals surface area contributed by atoms with E-state index in [9.17, 15) is 9.59 Å². The first-order chi connectivity index (χ1) is 12.7. The lowest BCUT2D eigenvalue weighted by Crippen LogP contribution is -2.22. The summed E-state index contributed by atoms with van der Waals surface area (Å²) in [5.74, 6) is -0.295. The number of carboxylic acids is 2. The van der Waals surface area contributed by atoms with Gasteiger partial charge in [0.15, 0.2) is 12.2 Å². The van der Waals surface area contributed by atoms with Gasteiger partial charge in [0, 0.05) is 10.5 Å². The number of hydrogen-bond donors (Lipinski definition) is 2. The number of halogens is 1. The first-order valence-corrected chi connectivity index (χ1v) is 8.70. The molecule has 0 heterocycles. The van der Waals surface area contributed by atoms with Crippen LogP contribution >= 0.6 is 15.9 Å². The van der Waals surface area contributed by atoms with Crippen molar-refractivity contribution in [2.45, 2.75) is 26.1 Å². The average Bonchev–Trinajstić information content (AvgIpc) is 2.62. The third-order valence-electron chi connectivity index (χ3n) is 3.16. The monoisotopic (exact) mass is 440 g/mol. The number of carboxylic acid groups (broad SMARTS) is 2. The van der Waals surface area contributed by atoms with Crippen LogP contribution in [0.4, 0.5) is 0 Å². The molecule has 0 aliphatic heterocycles. The Balaban J connectivity index is 0.000000271. The summed E-state index contributed by atoms with van der Waals surface area (Å²) in [6.45, 7) is 2.96. The molecule has 0 saturated heterocycles. The smallest absolute Gasteiger partial charge is 0.344 e. The molecule has 2 rings (SSSR count). The molecule has 0 aliphatic rings. The van der Waals surface area contributed by atoms with Crippen LogP contribution in [0.25, 0.3) is 0 Å². The van der Waals surface area contributed by atoms with Crippen LogP contribution in [0, 0.1) is 0 Å². The number of benzene rings is 2. The molecule has 8 heteroatoms. The van der Waals surface area contributed by atoms with Crippen LogP contribution in [-0.4, -0.2) is 41.5 Å². The van der Waals surface area contributed by atoms with Gasteiger partial charge in [0.2, 0.25) is 0 Å². The van der Waals surface area contributed by atoms with Crippen molar-refractivity contribution in [1.82, 2.24) is 0 Å². The maximum absolute atomic E-state index is 10.5. The van der Waals surface area contributed by atoms with Crippen molar-refractivity contribution in [3.8, 4) is 17.2 Å². The van der Waals surface area contributed by atoms with Gasteiger partial charge in [-0.15, -0.1) is 0 Å². The summed E-state index contributed by atoms with van der Waals surface area (Å²) in [7, 11) is 1.54. The Kier molecular flexibility index (Phi) is 9.15. The van der Waals surface area contributed by atoms with Gasteiger partial charge >= 0.3 is 11.9 Å². The van der Waals surface area contributed by atoms with E-state index in [1.165, 1.54) is 13.8 Å². The Morgan fingerprint density at radius 1 is 0.852 bits per heavy atom. The number of carbonyl (C=O) groups is 2. The average molecular weight is 441 g/mol. The molecular weight excluding hydrogens is 420 g/mol. The van der Waals surface area contributed by atoms with E-state index < -0.39 is 24.1 Å². The second-order valence-corrected chi connectivity index (χ2v) is 6.25. The molecule has 0 amide bonds. The molecule has 2 atom stereocenters. The zero-order valence-corrected chi connectivity index (χ0v) is 16.7. The SMILES string of the molecule is COc1cccc(O[C@H](C)C(=O)O)c1.C[C@H](Oc1cccc(Br)c1)C(=O)O. The third-order valence-corrected chi connectivity index (χ3v) is 3.65. The lowest BCUT2D eigenvalue weighted by Gasteiger charge is -2.10. The molecule has 0 unspecified atom stereocenters. The second kappa shape index (κ2) is 11.1.